The van der Waals surface area contributed by atoms with Crippen LogP contribution in [0.4, 0.5) is 0 Å². The van der Waals surface area contributed by atoms with E-state index in [1.807, 2.05) is 12.6 Å². The summed E-state index contributed by atoms with van der Waals surface area (Å²) in [5.74, 6) is 0. The second-order valence-corrected chi connectivity index (χ2v) is 9.16. The van der Waals surface area contributed by atoms with Gasteiger partial charge in [0.15, 0.2) is 0 Å². The summed E-state index contributed by atoms with van der Waals surface area (Å²) in [5.41, 5.74) is 1.98. The minimum absolute atomic E-state index is 0.703. The van der Waals surface area contributed by atoms with E-state index in [4.69, 9.17) is 16.5 Å². The van der Waals surface area contributed by atoms with Gasteiger partial charge in [-0.1, -0.05) is 0 Å². The molecule has 0 N–H and O–H groups in total. The highest BCUT2D eigenvalue weighted by Gasteiger charge is 2.05. The molecule has 1 heterocycles. The molecule has 0 aliphatic carbocycles. The van der Waals surface area contributed by atoms with Crippen LogP contribution in [0.25, 0.3) is 0 Å². The van der Waals surface area contributed by atoms with Crippen LogP contribution in [-0.4, -0.2) is 44.6 Å². The number of hydrogen-bond donors (Lipinski definition) is 0. The Hall–Kier alpha value is 0.258. The average molecular weight is 210 g/mol. The first-order valence-corrected chi connectivity index (χ1v) is 7.86. The fourth-order valence-corrected chi connectivity index (χ4v) is 8.12. The van der Waals surface area contributed by atoms with Gasteiger partial charge in [0.05, 0.1) is 0 Å². The number of hydrogen-bond acceptors (Lipinski definition) is 4. The maximum absolute atomic E-state index is 5.36. The molecule has 1 fully saturated rings. The zero-order chi connectivity index (χ0) is 7.23. The molecule has 0 aromatic rings. The largest absolute Gasteiger partial charge is 0.564 e. The SMILES string of the molecule is CC=[Si]1O[SiH2]O[SiH2]O[SiH2]O1. The lowest BCUT2D eigenvalue weighted by Crippen LogP contribution is -2.28. The fraction of sp³-hybridized carbons (Fsp3) is 0.500. The molecule has 10 heavy (non-hydrogen) atoms. The topological polar surface area (TPSA) is 36.9 Å². The van der Waals surface area contributed by atoms with E-state index in [2.05, 4.69) is 0 Å². The average Bonchev–Trinajstić information content (AvgIpc) is 1.87. The van der Waals surface area contributed by atoms with Gasteiger partial charge in [-0.2, -0.15) is 0 Å². The molecule has 0 saturated carbocycles. The van der Waals surface area contributed by atoms with Gasteiger partial charge in [-0.3, -0.25) is 0 Å². The Morgan fingerprint density at radius 2 is 1.70 bits per heavy atom. The Morgan fingerprint density at radius 1 is 1.10 bits per heavy atom. The van der Waals surface area contributed by atoms with E-state index in [-0.39, 0.29) is 0 Å². The van der Waals surface area contributed by atoms with Crippen LogP contribution in [0.1, 0.15) is 6.92 Å². The second kappa shape index (κ2) is 4.98. The Morgan fingerprint density at radius 3 is 2.20 bits per heavy atom. The minimum Gasteiger partial charge on any atom is -0.564 e. The van der Waals surface area contributed by atoms with E-state index in [1.54, 1.807) is 0 Å². The van der Waals surface area contributed by atoms with Crippen molar-refractivity contribution < 1.29 is 16.5 Å². The maximum Gasteiger partial charge on any atom is 0.447 e. The van der Waals surface area contributed by atoms with Gasteiger partial charge in [-0.25, -0.2) is 0 Å². The highest BCUT2D eigenvalue weighted by atomic mass is 28.4. The van der Waals surface area contributed by atoms with Gasteiger partial charge in [0.1, 0.15) is 0 Å². The predicted octanol–water partition coefficient (Wildman–Crippen LogP) is -3.05. The van der Waals surface area contributed by atoms with Crippen molar-refractivity contribution in [2.24, 2.45) is 0 Å². The molecule has 0 aromatic carbocycles. The van der Waals surface area contributed by atoms with Crippen molar-refractivity contribution in [3.05, 3.63) is 0 Å². The molecule has 1 aliphatic heterocycles. The normalized spacial score (nSPS) is 27.1. The molecule has 8 heteroatoms. The molecule has 1 saturated heterocycles. The van der Waals surface area contributed by atoms with E-state index in [0.717, 1.165) is 0 Å². The molecule has 0 spiro atoms. The third-order valence-corrected chi connectivity index (χ3v) is 7.33. The summed E-state index contributed by atoms with van der Waals surface area (Å²) >= 11 is 0. The van der Waals surface area contributed by atoms with Gasteiger partial charge < -0.3 is 16.5 Å². The molecule has 0 atom stereocenters. The van der Waals surface area contributed by atoms with Crippen LogP contribution >= 0.6 is 0 Å². The van der Waals surface area contributed by atoms with Gasteiger partial charge in [0.2, 0.25) is 0 Å². The highest BCUT2D eigenvalue weighted by molar-refractivity contribution is 6.64. The monoisotopic (exact) mass is 210 g/mol. The lowest BCUT2D eigenvalue weighted by Gasteiger charge is -2.15. The van der Waals surface area contributed by atoms with Crippen LogP contribution in [0.2, 0.25) is 0 Å². The Balaban J connectivity index is 2.30. The quantitative estimate of drug-likeness (QED) is 0.398. The second-order valence-electron chi connectivity index (χ2n) is 1.66. The van der Waals surface area contributed by atoms with E-state index >= 15 is 0 Å². The van der Waals surface area contributed by atoms with Gasteiger partial charge in [-0.05, 0) is 12.6 Å². The van der Waals surface area contributed by atoms with Gasteiger partial charge >= 0.3 is 28.9 Å². The molecule has 0 unspecified atom stereocenters. The first kappa shape index (κ1) is 8.36. The molecule has 1 rings (SSSR count). The molecule has 0 aromatic heterocycles. The van der Waals surface area contributed by atoms with Crippen LogP contribution in [0, 0.1) is 0 Å². The summed E-state index contributed by atoms with van der Waals surface area (Å²) in [6, 6.07) is 0. The van der Waals surface area contributed by atoms with Crippen molar-refractivity contribution in [1.29, 1.82) is 0 Å². The van der Waals surface area contributed by atoms with Crippen molar-refractivity contribution in [2.45, 2.75) is 6.92 Å². The molecule has 0 amide bonds. The molecule has 1 aliphatic rings. The minimum atomic E-state index is -1.08. The maximum atomic E-state index is 5.36. The summed E-state index contributed by atoms with van der Waals surface area (Å²) in [6.07, 6.45) is 0. The van der Waals surface area contributed by atoms with Crippen LogP contribution in [-0.2, 0) is 16.5 Å². The predicted molar refractivity (Wildman–Crippen MR) is 47.5 cm³/mol. The van der Waals surface area contributed by atoms with Gasteiger partial charge in [0.25, 0.3) is 10.0 Å². The molecule has 0 bridgehead atoms. The molecular weight excluding hydrogens is 200 g/mol. The molecule has 4 nitrogen and oxygen atoms in total. The summed E-state index contributed by atoms with van der Waals surface area (Å²) in [4.78, 5) is 0. The van der Waals surface area contributed by atoms with Crippen molar-refractivity contribution in [3.63, 3.8) is 0 Å². The number of rotatable bonds is 0. The summed E-state index contributed by atoms with van der Waals surface area (Å²) in [6.45, 7) is 1.95. The van der Waals surface area contributed by atoms with Crippen LogP contribution in [0.3, 0.4) is 0 Å². The third-order valence-electron chi connectivity index (χ3n) is 0.971. The van der Waals surface area contributed by atoms with Crippen molar-refractivity contribution in [1.82, 2.24) is 0 Å². The van der Waals surface area contributed by atoms with Gasteiger partial charge in [0, 0.05) is 0 Å². The highest BCUT2D eigenvalue weighted by Crippen LogP contribution is 1.83. The smallest absolute Gasteiger partial charge is 0.447 e. The van der Waals surface area contributed by atoms with Crippen LogP contribution in [0.15, 0.2) is 0 Å². The lowest BCUT2D eigenvalue weighted by atomic mass is 11.0. The zero-order valence-electron chi connectivity index (χ0n) is 5.83. The van der Waals surface area contributed by atoms with E-state index in [1.165, 1.54) is 0 Å². The van der Waals surface area contributed by atoms with Gasteiger partial charge in [-0.15, -0.1) is 0 Å². The van der Waals surface area contributed by atoms with Crippen molar-refractivity contribution in [3.8, 4) is 0 Å². The Labute approximate surface area is 68.5 Å². The van der Waals surface area contributed by atoms with Crippen molar-refractivity contribution >= 4 is 44.6 Å². The third kappa shape index (κ3) is 2.89. The summed E-state index contributed by atoms with van der Waals surface area (Å²) < 4.78 is 21.1. The van der Waals surface area contributed by atoms with Crippen LogP contribution in [0.5, 0.6) is 0 Å². The van der Waals surface area contributed by atoms with Crippen molar-refractivity contribution in [2.75, 3.05) is 0 Å². The molecule has 58 valence electrons. The summed E-state index contributed by atoms with van der Waals surface area (Å²) in [7, 11) is -3.30. The Kier molecular flexibility index (Phi) is 4.16. The summed E-state index contributed by atoms with van der Waals surface area (Å²) in [5, 5.41) is 0. The first-order valence-electron chi connectivity index (χ1n) is 3.01. The lowest BCUT2D eigenvalue weighted by molar-refractivity contribution is 0.343. The fourth-order valence-electron chi connectivity index (χ4n) is 0.535. The standard InChI is InChI=1S/C2H10O4Si4/c1-2-10-5-8-3-7-4-9-6-10/h2H,7-9H2,1H3. The zero-order valence-corrected chi connectivity index (χ0v) is 11.1. The van der Waals surface area contributed by atoms with E-state index < -0.39 is 38.9 Å². The van der Waals surface area contributed by atoms with E-state index in [9.17, 15) is 0 Å². The first-order chi connectivity index (χ1) is 4.93. The molecular formula is C2H10O4Si4. The molecule has 0 radical (unpaired) electrons. The van der Waals surface area contributed by atoms with Crippen LogP contribution < -0.4 is 0 Å². The van der Waals surface area contributed by atoms with E-state index in [0.29, 0.717) is 0 Å². The Bertz CT molecular complexity index is 116.